The average Bonchev–Trinajstić information content (AvgIpc) is 3.31. The SMILES string of the molecule is NC(c1cccnc1)c1nccc(-c2[nH]c(C3OCCCO3)nc2-c2ccc(F)cc2)n1. The van der Waals surface area contributed by atoms with Crippen LogP contribution in [0.15, 0.2) is 61.1 Å². The summed E-state index contributed by atoms with van der Waals surface area (Å²) >= 11 is 0. The number of nitrogens with one attached hydrogen (secondary N) is 1. The number of rotatable bonds is 5. The molecule has 5 rings (SSSR count). The van der Waals surface area contributed by atoms with E-state index in [0.717, 1.165) is 17.5 Å². The van der Waals surface area contributed by atoms with Gasteiger partial charge in [0.15, 0.2) is 5.82 Å². The standard InChI is InChI=1S/C23H21FN6O2/c24-16-6-4-14(5-7-16)19-20(30-22(29-19)23-31-11-2-12-32-23)17-8-10-27-21(28-17)18(25)15-3-1-9-26-13-15/h1,3-10,13,18,23H,2,11-12,25H2,(H,29,30). The van der Waals surface area contributed by atoms with Crippen molar-refractivity contribution in [3.8, 4) is 22.6 Å². The van der Waals surface area contributed by atoms with Crippen molar-refractivity contribution in [2.45, 2.75) is 18.8 Å². The second kappa shape index (κ2) is 8.91. The smallest absolute Gasteiger partial charge is 0.217 e. The molecule has 0 aliphatic carbocycles. The van der Waals surface area contributed by atoms with Crippen LogP contribution in [0.1, 0.15) is 36.0 Å². The van der Waals surface area contributed by atoms with Crippen molar-refractivity contribution < 1.29 is 13.9 Å². The second-order valence-corrected chi connectivity index (χ2v) is 7.34. The van der Waals surface area contributed by atoms with E-state index in [1.807, 2.05) is 12.1 Å². The monoisotopic (exact) mass is 432 g/mol. The summed E-state index contributed by atoms with van der Waals surface area (Å²) in [4.78, 5) is 21.2. The molecular formula is C23H21FN6O2. The quantitative estimate of drug-likeness (QED) is 0.496. The van der Waals surface area contributed by atoms with E-state index in [2.05, 4.69) is 15.0 Å². The van der Waals surface area contributed by atoms with Crippen molar-refractivity contribution in [2.24, 2.45) is 5.73 Å². The largest absolute Gasteiger partial charge is 0.346 e. The summed E-state index contributed by atoms with van der Waals surface area (Å²) < 4.78 is 24.9. The topological polar surface area (TPSA) is 112 Å². The zero-order chi connectivity index (χ0) is 21.9. The van der Waals surface area contributed by atoms with Gasteiger partial charge < -0.3 is 20.2 Å². The predicted octanol–water partition coefficient (Wildman–Crippen LogP) is 3.55. The molecule has 1 saturated heterocycles. The molecular weight excluding hydrogens is 411 g/mol. The molecule has 1 aliphatic heterocycles. The molecule has 3 N–H and O–H groups in total. The highest BCUT2D eigenvalue weighted by Crippen LogP contribution is 2.33. The van der Waals surface area contributed by atoms with Gasteiger partial charge in [-0.15, -0.1) is 0 Å². The third-order valence-corrected chi connectivity index (χ3v) is 5.14. The third-order valence-electron chi connectivity index (χ3n) is 5.14. The van der Waals surface area contributed by atoms with Crippen LogP contribution < -0.4 is 5.73 Å². The Bertz CT molecular complexity index is 1190. The molecule has 1 aliphatic rings. The van der Waals surface area contributed by atoms with Gasteiger partial charge in [-0.2, -0.15) is 0 Å². The minimum atomic E-state index is -0.601. The molecule has 0 spiro atoms. The van der Waals surface area contributed by atoms with Gasteiger partial charge >= 0.3 is 0 Å². The molecule has 9 heteroatoms. The number of nitrogens with two attached hydrogens (primary N) is 1. The van der Waals surface area contributed by atoms with E-state index in [9.17, 15) is 4.39 Å². The maximum Gasteiger partial charge on any atom is 0.217 e. The van der Waals surface area contributed by atoms with Crippen LogP contribution in [0.25, 0.3) is 22.6 Å². The number of benzene rings is 1. The summed E-state index contributed by atoms with van der Waals surface area (Å²) in [6, 6.07) is 11.1. The lowest BCUT2D eigenvalue weighted by molar-refractivity contribution is -0.186. The lowest BCUT2D eigenvalue weighted by atomic mass is 10.1. The number of imidazole rings is 1. The van der Waals surface area contributed by atoms with Crippen LogP contribution in [0.5, 0.6) is 0 Å². The first-order valence-corrected chi connectivity index (χ1v) is 10.3. The molecule has 1 unspecified atom stereocenters. The van der Waals surface area contributed by atoms with Gasteiger partial charge in [0.2, 0.25) is 6.29 Å². The Labute approximate surface area is 183 Å². The van der Waals surface area contributed by atoms with Gasteiger partial charge in [0.1, 0.15) is 11.6 Å². The Kier molecular flexibility index (Phi) is 5.68. The number of nitrogens with zero attached hydrogens (tertiary/aromatic N) is 4. The highest BCUT2D eigenvalue weighted by Gasteiger charge is 2.25. The molecule has 1 fully saturated rings. The molecule has 0 saturated carbocycles. The van der Waals surface area contributed by atoms with Crippen molar-refractivity contribution in [1.82, 2.24) is 24.9 Å². The lowest BCUT2D eigenvalue weighted by Crippen LogP contribution is -2.18. The van der Waals surface area contributed by atoms with E-state index in [-0.39, 0.29) is 5.82 Å². The summed E-state index contributed by atoms with van der Waals surface area (Å²) in [6.45, 7) is 1.18. The van der Waals surface area contributed by atoms with Crippen LogP contribution in [0.4, 0.5) is 4.39 Å². The first-order chi connectivity index (χ1) is 15.7. The molecule has 0 bridgehead atoms. The molecule has 1 aromatic carbocycles. The summed E-state index contributed by atoms with van der Waals surface area (Å²) in [5, 5.41) is 0. The summed E-state index contributed by atoms with van der Waals surface area (Å²) in [7, 11) is 0. The fourth-order valence-corrected chi connectivity index (χ4v) is 3.52. The Hall–Kier alpha value is -3.53. The second-order valence-electron chi connectivity index (χ2n) is 7.34. The normalized spacial score (nSPS) is 15.6. The van der Waals surface area contributed by atoms with E-state index >= 15 is 0 Å². The zero-order valence-corrected chi connectivity index (χ0v) is 17.1. The van der Waals surface area contributed by atoms with E-state index < -0.39 is 12.3 Å². The van der Waals surface area contributed by atoms with Crippen molar-refractivity contribution in [1.29, 1.82) is 0 Å². The lowest BCUT2D eigenvalue weighted by Gasteiger charge is -2.21. The Balaban J connectivity index is 1.57. The van der Waals surface area contributed by atoms with Crippen LogP contribution >= 0.6 is 0 Å². The van der Waals surface area contributed by atoms with Crippen molar-refractivity contribution in [3.05, 3.63) is 84.1 Å². The van der Waals surface area contributed by atoms with Gasteiger partial charge in [0.05, 0.1) is 36.3 Å². The number of aromatic nitrogens is 5. The first kappa shape index (κ1) is 20.4. The van der Waals surface area contributed by atoms with Gasteiger partial charge in [0.25, 0.3) is 0 Å². The van der Waals surface area contributed by atoms with Gasteiger partial charge in [0, 0.05) is 24.2 Å². The van der Waals surface area contributed by atoms with Gasteiger partial charge in [-0.3, -0.25) is 4.98 Å². The number of hydrogen-bond donors (Lipinski definition) is 2. The van der Waals surface area contributed by atoms with Crippen LogP contribution in [0.3, 0.4) is 0 Å². The summed E-state index contributed by atoms with van der Waals surface area (Å²) in [6.07, 6.45) is 5.25. The number of halogens is 1. The minimum Gasteiger partial charge on any atom is -0.346 e. The van der Waals surface area contributed by atoms with Crippen molar-refractivity contribution >= 4 is 0 Å². The number of pyridine rings is 1. The molecule has 4 heterocycles. The molecule has 8 nitrogen and oxygen atoms in total. The molecule has 1 atom stereocenters. The van der Waals surface area contributed by atoms with E-state index in [1.54, 1.807) is 36.8 Å². The van der Waals surface area contributed by atoms with E-state index in [4.69, 9.17) is 25.2 Å². The Morgan fingerprint density at radius 1 is 1.03 bits per heavy atom. The number of hydrogen-bond acceptors (Lipinski definition) is 7. The molecule has 0 amide bonds. The fraction of sp³-hybridized carbons (Fsp3) is 0.217. The van der Waals surface area contributed by atoms with Crippen molar-refractivity contribution in [2.75, 3.05) is 13.2 Å². The van der Waals surface area contributed by atoms with Gasteiger partial charge in [-0.05, 0) is 48.4 Å². The maximum atomic E-state index is 13.5. The van der Waals surface area contributed by atoms with Crippen LogP contribution in [-0.2, 0) is 9.47 Å². The number of H-pyrrole nitrogens is 1. The number of aromatic amines is 1. The van der Waals surface area contributed by atoms with E-state index in [1.165, 1.54) is 12.1 Å². The van der Waals surface area contributed by atoms with Gasteiger partial charge in [-0.1, -0.05) is 6.07 Å². The summed E-state index contributed by atoms with van der Waals surface area (Å²) in [5.41, 5.74) is 9.77. The third kappa shape index (κ3) is 4.13. The van der Waals surface area contributed by atoms with E-state index in [0.29, 0.717) is 41.9 Å². The predicted molar refractivity (Wildman–Crippen MR) is 115 cm³/mol. The zero-order valence-electron chi connectivity index (χ0n) is 17.1. The molecule has 3 aromatic heterocycles. The highest BCUT2D eigenvalue weighted by molar-refractivity contribution is 5.76. The molecule has 0 radical (unpaired) electrons. The Morgan fingerprint density at radius 2 is 1.84 bits per heavy atom. The van der Waals surface area contributed by atoms with Crippen LogP contribution in [0.2, 0.25) is 0 Å². The summed E-state index contributed by atoms with van der Waals surface area (Å²) in [5.74, 6) is 0.648. The molecule has 32 heavy (non-hydrogen) atoms. The Morgan fingerprint density at radius 3 is 2.59 bits per heavy atom. The van der Waals surface area contributed by atoms with Crippen molar-refractivity contribution in [3.63, 3.8) is 0 Å². The molecule has 4 aromatic rings. The molecule has 162 valence electrons. The number of ether oxygens (including phenoxy) is 2. The van der Waals surface area contributed by atoms with Crippen LogP contribution in [0, 0.1) is 5.82 Å². The highest BCUT2D eigenvalue weighted by atomic mass is 19.1. The van der Waals surface area contributed by atoms with Crippen LogP contribution in [-0.4, -0.2) is 38.1 Å². The maximum absolute atomic E-state index is 13.5. The first-order valence-electron chi connectivity index (χ1n) is 10.3. The minimum absolute atomic E-state index is 0.322. The van der Waals surface area contributed by atoms with Gasteiger partial charge in [-0.25, -0.2) is 19.3 Å². The fourth-order valence-electron chi connectivity index (χ4n) is 3.52. The average molecular weight is 432 g/mol.